The Labute approximate surface area is 128 Å². The summed E-state index contributed by atoms with van der Waals surface area (Å²) in [4.78, 5) is 34.9. The first-order valence-electron chi connectivity index (χ1n) is 7.22. The highest BCUT2D eigenvalue weighted by atomic mass is 16.4. The number of benzene rings is 1. The molecule has 2 rings (SSSR count). The minimum atomic E-state index is -0.964. The van der Waals surface area contributed by atoms with E-state index in [2.05, 4.69) is 16.2 Å². The number of anilines is 1. The van der Waals surface area contributed by atoms with Crippen LogP contribution in [0.2, 0.25) is 0 Å². The van der Waals surface area contributed by atoms with Crippen molar-refractivity contribution in [1.29, 1.82) is 0 Å². The van der Waals surface area contributed by atoms with Crippen LogP contribution >= 0.6 is 0 Å². The molecule has 0 bridgehead atoms. The average Bonchev–Trinajstić information content (AvgIpc) is 2.53. The molecule has 0 aliphatic heterocycles. The first-order chi connectivity index (χ1) is 10.6. The number of urea groups is 1. The monoisotopic (exact) mass is 305 g/mol. The second-order valence-corrected chi connectivity index (χ2v) is 5.27. The van der Waals surface area contributed by atoms with Gasteiger partial charge in [0.2, 0.25) is 5.91 Å². The number of para-hydroxylation sites is 1. The minimum absolute atomic E-state index is 0.463. The lowest BCUT2D eigenvalue weighted by molar-refractivity contribution is -0.149. The summed E-state index contributed by atoms with van der Waals surface area (Å²) >= 11 is 0. The van der Waals surface area contributed by atoms with E-state index in [-0.39, 0.29) is 0 Å². The Morgan fingerprint density at radius 3 is 2.23 bits per heavy atom. The van der Waals surface area contributed by atoms with E-state index in [1.165, 1.54) is 0 Å². The molecule has 0 heterocycles. The van der Waals surface area contributed by atoms with E-state index in [1.807, 2.05) is 6.07 Å². The molecule has 7 heteroatoms. The van der Waals surface area contributed by atoms with Crippen molar-refractivity contribution in [2.45, 2.75) is 25.7 Å². The number of carbonyl (C=O) groups excluding carboxylic acids is 2. The summed E-state index contributed by atoms with van der Waals surface area (Å²) in [7, 11) is 0. The van der Waals surface area contributed by atoms with Crippen LogP contribution in [0, 0.1) is 11.8 Å². The van der Waals surface area contributed by atoms with Crippen LogP contribution in [0.5, 0.6) is 0 Å². The zero-order valence-electron chi connectivity index (χ0n) is 12.0. The SMILES string of the molecule is O=C(NNC(=O)C1CCCC[C@@H]1C(=O)O)Nc1ccccc1. The molecule has 0 aromatic heterocycles. The normalized spacial score (nSPS) is 20.7. The lowest BCUT2D eigenvalue weighted by atomic mass is 9.79. The van der Waals surface area contributed by atoms with Crippen molar-refractivity contribution in [2.75, 3.05) is 5.32 Å². The van der Waals surface area contributed by atoms with Crippen LogP contribution in [0.25, 0.3) is 0 Å². The van der Waals surface area contributed by atoms with E-state index in [0.29, 0.717) is 18.5 Å². The predicted molar refractivity (Wildman–Crippen MR) is 79.8 cm³/mol. The standard InChI is InChI=1S/C15H19N3O4/c19-13(11-8-4-5-9-12(11)14(20)21)17-18-15(22)16-10-6-2-1-3-7-10/h1-3,6-7,11-12H,4-5,8-9H2,(H,17,19)(H,20,21)(H2,16,18,22)/t11?,12-/m0/s1. The van der Waals surface area contributed by atoms with Crippen LogP contribution in [0.15, 0.2) is 30.3 Å². The molecule has 7 nitrogen and oxygen atoms in total. The fourth-order valence-corrected chi connectivity index (χ4v) is 2.64. The number of rotatable bonds is 3. The summed E-state index contributed by atoms with van der Waals surface area (Å²) in [6.45, 7) is 0. The zero-order chi connectivity index (χ0) is 15.9. The maximum absolute atomic E-state index is 12.1. The van der Waals surface area contributed by atoms with Crippen molar-refractivity contribution in [3.63, 3.8) is 0 Å². The van der Waals surface area contributed by atoms with Gasteiger partial charge in [-0.3, -0.25) is 15.0 Å². The van der Waals surface area contributed by atoms with Gasteiger partial charge in [-0.2, -0.15) is 0 Å². The zero-order valence-corrected chi connectivity index (χ0v) is 12.0. The van der Waals surface area contributed by atoms with Crippen molar-refractivity contribution < 1.29 is 19.5 Å². The molecule has 1 aliphatic rings. The van der Waals surface area contributed by atoms with Gasteiger partial charge in [-0.25, -0.2) is 10.2 Å². The summed E-state index contributed by atoms with van der Waals surface area (Å²) in [5, 5.41) is 11.7. The number of aliphatic carboxylic acids is 1. The largest absolute Gasteiger partial charge is 0.481 e. The van der Waals surface area contributed by atoms with Crippen molar-refractivity contribution in [2.24, 2.45) is 11.8 Å². The molecular formula is C15H19N3O4. The Balaban J connectivity index is 1.83. The van der Waals surface area contributed by atoms with Gasteiger partial charge in [-0.05, 0) is 25.0 Å². The lowest BCUT2D eigenvalue weighted by Gasteiger charge is -2.27. The molecule has 1 aromatic rings. The maximum Gasteiger partial charge on any atom is 0.337 e. The molecule has 3 amide bonds. The number of carbonyl (C=O) groups is 3. The second kappa shape index (κ2) is 7.44. The predicted octanol–water partition coefficient (Wildman–Crippen LogP) is 1.73. The topological polar surface area (TPSA) is 108 Å². The molecule has 0 radical (unpaired) electrons. The summed E-state index contributed by atoms with van der Waals surface area (Å²) in [6.07, 6.45) is 2.63. The molecule has 1 saturated carbocycles. The Kier molecular flexibility index (Phi) is 5.35. The Morgan fingerprint density at radius 2 is 1.59 bits per heavy atom. The molecule has 0 saturated heterocycles. The molecule has 1 fully saturated rings. The van der Waals surface area contributed by atoms with Crippen LogP contribution in [-0.4, -0.2) is 23.0 Å². The van der Waals surface area contributed by atoms with Crippen molar-refractivity contribution in [3.8, 4) is 0 Å². The van der Waals surface area contributed by atoms with Gasteiger partial charge in [-0.15, -0.1) is 0 Å². The number of hydrogen-bond donors (Lipinski definition) is 4. The number of hydrazine groups is 1. The highest BCUT2D eigenvalue weighted by Gasteiger charge is 2.35. The molecule has 22 heavy (non-hydrogen) atoms. The second-order valence-electron chi connectivity index (χ2n) is 5.27. The molecule has 1 aromatic carbocycles. The minimum Gasteiger partial charge on any atom is -0.481 e. The van der Waals surface area contributed by atoms with Gasteiger partial charge in [0.15, 0.2) is 0 Å². The Morgan fingerprint density at radius 1 is 0.955 bits per heavy atom. The molecule has 118 valence electrons. The molecule has 4 N–H and O–H groups in total. The number of nitrogens with one attached hydrogen (secondary N) is 3. The van der Waals surface area contributed by atoms with Crippen molar-refractivity contribution in [3.05, 3.63) is 30.3 Å². The number of carboxylic acid groups (broad SMARTS) is 1. The summed E-state index contributed by atoms with van der Waals surface area (Å²) in [5.41, 5.74) is 5.13. The van der Waals surface area contributed by atoms with Crippen LogP contribution < -0.4 is 16.2 Å². The molecule has 0 spiro atoms. The lowest BCUT2D eigenvalue weighted by Crippen LogP contribution is -2.49. The van der Waals surface area contributed by atoms with Crippen molar-refractivity contribution >= 4 is 23.6 Å². The third kappa shape index (κ3) is 4.21. The third-order valence-corrected chi connectivity index (χ3v) is 3.75. The fraction of sp³-hybridized carbons (Fsp3) is 0.400. The Bertz CT molecular complexity index is 547. The fourth-order valence-electron chi connectivity index (χ4n) is 2.64. The summed E-state index contributed by atoms with van der Waals surface area (Å²) in [6, 6.07) is 8.20. The average molecular weight is 305 g/mol. The van der Waals surface area contributed by atoms with E-state index >= 15 is 0 Å². The van der Waals surface area contributed by atoms with Gasteiger partial charge < -0.3 is 10.4 Å². The summed E-state index contributed by atoms with van der Waals surface area (Å²) < 4.78 is 0. The number of amides is 3. The quantitative estimate of drug-likeness (QED) is 0.638. The highest BCUT2D eigenvalue weighted by molar-refractivity contribution is 5.92. The highest BCUT2D eigenvalue weighted by Crippen LogP contribution is 2.30. The molecular weight excluding hydrogens is 286 g/mol. The van der Waals surface area contributed by atoms with Gasteiger partial charge >= 0.3 is 12.0 Å². The Hall–Kier alpha value is -2.57. The van der Waals surface area contributed by atoms with Gasteiger partial charge in [0.05, 0.1) is 11.8 Å². The van der Waals surface area contributed by atoms with E-state index in [1.54, 1.807) is 24.3 Å². The number of carboxylic acids is 1. The first-order valence-corrected chi connectivity index (χ1v) is 7.22. The summed E-state index contributed by atoms with van der Waals surface area (Å²) in [5.74, 6) is -2.72. The van der Waals surface area contributed by atoms with Gasteiger partial charge in [0.1, 0.15) is 0 Å². The van der Waals surface area contributed by atoms with E-state index in [9.17, 15) is 14.4 Å². The van der Waals surface area contributed by atoms with Gasteiger partial charge in [-0.1, -0.05) is 31.0 Å². The van der Waals surface area contributed by atoms with Crippen LogP contribution in [0.1, 0.15) is 25.7 Å². The third-order valence-electron chi connectivity index (χ3n) is 3.75. The van der Waals surface area contributed by atoms with E-state index in [0.717, 1.165) is 12.8 Å². The number of hydrogen-bond acceptors (Lipinski definition) is 3. The van der Waals surface area contributed by atoms with Gasteiger partial charge in [0.25, 0.3) is 0 Å². The van der Waals surface area contributed by atoms with E-state index in [4.69, 9.17) is 5.11 Å². The first kappa shape index (κ1) is 15.8. The van der Waals surface area contributed by atoms with Gasteiger partial charge in [0, 0.05) is 5.69 Å². The molecule has 1 aliphatic carbocycles. The van der Waals surface area contributed by atoms with Crippen LogP contribution in [-0.2, 0) is 9.59 Å². The van der Waals surface area contributed by atoms with Crippen LogP contribution in [0.4, 0.5) is 10.5 Å². The maximum atomic E-state index is 12.1. The van der Waals surface area contributed by atoms with Crippen LogP contribution in [0.3, 0.4) is 0 Å². The molecule has 2 atom stereocenters. The molecule has 1 unspecified atom stereocenters. The van der Waals surface area contributed by atoms with E-state index < -0.39 is 29.7 Å². The smallest absolute Gasteiger partial charge is 0.337 e. The van der Waals surface area contributed by atoms with Crippen molar-refractivity contribution in [1.82, 2.24) is 10.9 Å².